The molecule has 3 aromatic rings. The summed E-state index contributed by atoms with van der Waals surface area (Å²) in [5, 5.41) is 4.97. The van der Waals surface area contributed by atoms with Gasteiger partial charge in [0.25, 0.3) is 0 Å². The van der Waals surface area contributed by atoms with Gasteiger partial charge in [0.1, 0.15) is 0 Å². The van der Waals surface area contributed by atoms with E-state index in [1.807, 2.05) is 56.6 Å². The Kier molecular flexibility index (Phi) is 6.52. The summed E-state index contributed by atoms with van der Waals surface area (Å²) in [6.45, 7) is 0.516. The van der Waals surface area contributed by atoms with Crippen LogP contribution in [0.2, 0.25) is 5.02 Å². The Balaban J connectivity index is 1.51. The number of nitrogens with zero attached hydrogens (tertiary/aromatic N) is 2. The number of halogens is 1. The Labute approximate surface area is 186 Å². The number of para-hydroxylation sites is 1. The summed E-state index contributed by atoms with van der Waals surface area (Å²) in [4.78, 5) is 20.1. The second-order valence-corrected chi connectivity index (χ2v) is 9.39. The quantitative estimate of drug-likeness (QED) is 0.521. The van der Waals surface area contributed by atoms with Gasteiger partial charge in [0.2, 0.25) is 5.91 Å². The van der Waals surface area contributed by atoms with Crippen LogP contribution < -0.4 is 5.32 Å². The van der Waals surface area contributed by atoms with Crippen molar-refractivity contribution in [2.45, 2.75) is 24.8 Å². The Hall–Kier alpha value is -2.21. The lowest BCUT2D eigenvalue weighted by Gasteiger charge is -2.29. The minimum Gasteiger partial charge on any atom is -0.354 e. The molecule has 6 heteroatoms. The third kappa shape index (κ3) is 4.43. The van der Waals surface area contributed by atoms with Crippen LogP contribution in [0.25, 0.3) is 10.2 Å². The lowest BCUT2D eigenvalue weighted by Crippen LogP contribution is -2.40. The zero-order valence-corrected chi connectivity index (χ0v) is 18.8. The van der Waals surface area contributed by atoms with Gasteiger partial charge in [-0.1, -0.05) is 54.1 Å². The van der Waals surface area contributed by atoms with Crippen molar-refractivity contribution in [2.24, 2.45) is 5.92 Å². The zero-order valence-electron chi connectivity index (χ0n) is 17.2. The SMILES string of the molecule is CN(C)C(CNC(=O)C1CC=CCC1c1nc2ccccc2s1)c1ccccc1Cl. The average Bonchev–Trinajstić information content (AvgIpc) is 3.19. The van der Waals surface area contributed by atoms with Crippen LogP contribution in [0.3, 0.4) is 0 Å². The predicted octanol–water partition coefficient (Wildman–Crippen LogP) is 5.42. The summed E-state index contributed by atoms with van der Waals surface area (Å²) >= 11 is 8.12. The van der Waals surface area contributed by atoms with Crippen LogP contribution in [0.15, 0.2) is 60.7 Å². The maximum atomic E-state index is 13.2. The zero-order chi connectivity index (χ0) is 21.1. The molecule has 1 aliphatic rings. The van der Waals surface area contributed by atoms with Crippen molar-refractivity contribution < 1.29 is 4.79 Å². The fourth-order valence-electron chi connectivity index (χ4n) is 4.07. The normalized spacial score (nSPS) is 19.9. The molecule has 4 rings (SSSR count). The molecule has 0 radical (unpaired) electrons. The number of hydrogen-bond donors (Lipinski definition) is 1. The lowest BCUT2D eigenvalue weighted by atomic mass is 9.82. The molecular formula is C24H26ClN3OS. The number of allylic oxidation sites excluding steroid dienone is 2. The molecule has 3 atom stereocenters. The summed E-state index contributed by atoms with van der Waals surface area (Å²) < 4.78 is 1.17. The van der Waals surface area contributed by atoms with Crippen molar-refractivity contribution >= 4 is 39.1 Å². The van der Waals surface area contributed by atoms with Gasteiger partial charge in [0, 0.05) is 17.5 Å². The van der Waals surface area contributed by atoms with Crippen molar-refractivity contribution in [1.29, 1.82) is 0 Å². The first-order valence-corrected chi connectivity index (χ1v) is 11.4. The van der Waals surface area contributed by atoms with Gasteiger partial charge < -0.3 is 10.2 Å². The van der Waals surface area contributed by atoms with E-state index in [2.05, 4.69) is 28.4 Å². The van der Waals surface area contributed by atoms with Crippen molar-refractivity contribution in [3.63, 3.8) is 0 Å². The van der Waals surface area contributed by atoms with Crippen molar-refractivity contribution in [1.82, 2.24) is 15.2 Å². The van der Waals surface area contributed by atoms with Crippen LogP contribution >= 0.6 is 22.9 Å². The van der Waals surface area contributed by atoms with Gasteiger partial charge in [-0.05, 0) is 50.7 Å². The maximum absolute atomic E-state index is 13.2. The van der Waals surface area contributed by atoms with Gasteiger partial charge in [-0.2, -0.15) is 0 Å². The van der Waals surface area contributed by atoms with Gasteiger partial charge in [0.05, 0.1) is 27.2 Å². The minimum absolute atomic E-state index is 0.0164. The molecule has 0 saturated carbocycles. The first-order valence-electron chi connectivity index (χ1n) is 10.2. The predicted molar refractivity (Wildman–Crippen MR) is 125 cm³/mol. The monoisotopic (exact) mass is 439 g/mol. The largest absolute Gasteiger partial charge is 0.354 e. The van der Waals surface area contributed by atoms with E-state index in [9.17, 15) is 4.79 Å². The summed E-state index contributed by atoms with van der Waals surface area (Å²) in [5.74, 6) is 0.0950. The number of nitrogens with one attached hydrogen (secondary N) is 1. The van der Waals surface area contributed by atoms with E-state index in [4.69, 9.17) is 16.6 Å². The molecule has 1 aromatic heterocycles. The molecule has 0 aliphatic heterocycles. The Morgan fingerprint density at radius 2 is 1.90 bits per heavy atom. The Bertz CT molecular complexity index is 1030. The third-order valence-corrected chi connectivity index (χ3v) is 7.27. The molecule has 1 N–H and O–H groups in total. The molecule has 0 fully saturated rings. The number of benzene rings is 2. The number of fused-ring (bicyclic) bond motifs is 1. The molecular weight excluding hydrogens is 414 g/mol. The highest BCUT2D eigenvalue weighted by Crippen LogP contribution is 2.38. The van der Waals surface area contributed by atoms with Crippen LogP contribution in [0.5, 0.6) is 0 Å². The molecule has 30 heavy (non-hydrogen) atoms. The molecule has 1 heterocycles. The van der Waals surface area contributed by atoms with Gasteiger partial charge in [-0.15, -0.1) is 11.3 Å². The average molecular weight is 440 g/mol. The Morgan fingerprint density at radius 1 is 1.17 bits per heavy atom. The molecule has 0 saturated heterocycles. The molecule has 3 unspecified atom stereocenters. The van der Waals surface area contributed by atoms with Crippen molar-refractivity contribution in [3.05, 3.63) is 76.3 Å². The maximum Gasteiger partial charge on any atom is 0.224 e. The molecule has 0 spiro atoms. The first kappa shape index (κ1) is 21.0. The van der Waals surface area contributed by atoms with Crippen LogP contribution in [0, 0.1) is 5.92 Å². The second-order valence-electron chi connectivity index (χ2n) is 7.92. The number of carbonyl (C=O) groups excluding carboxylic acids is 1. The summed E-state index contributed by atoms with van der Waals surface area (Å²) in [7, 11) is 4.01. The van der Waals surface area contributed by atoms with Crippen LogP contribution in [0.4, 0.5) is 0 Å². The summed E-state index contributed by atoms with van der Waals surface area (Å²) in [6.07, 6.45) is 5.88. The number of hydrogen-bond acceptors (Lipinski definition) is 4. The number of aromatic nitrogens is 1. The van der Waals surface area contributed by atoms with Crippen molar-refractivity contribution in [2.75, 3.05) is 20.6 Å². The third-order valence-electron chi connectivity index (χ3n) is 5.75. The van der Waals surface area contributed by atoms with Gasteiger partial charge in [-0.3, -0.25) is 4.79 Å². The molecule has 4 nitrogen and oxygen atoms in total. The molecule has 0 bridgehead atoms. The van der Waals surface area contributed by atoms with Gasteiger partial charge in [0.15, 0.2) is 0 Å². The number of amides is 1. The number of carbonyl (C=O) groups is 1. The van der Waals surface area contributed by atoms with E-state index in [0.29, 0.717) is 6.54 Å². The molecule has 1 aliphatic carbocycles. The fourth-order valence-corrected chi connectivity index (χ4v) is 5.48. The minimum atomic E-state index is -0.107. The molecule has 1 amide bonds. The van der Waals surface area contributed by atoms with Crippen LogP contribution in [-0.4, -0.2) is 36.4 Å². The lowest BCUT2D eigenvalue weighted by molar-refractivity contribution is -0.126. The first-order chi connectivity index (χ1) is 14.5. The highest BCUT2D eigenvalue weighted by molar-refractivity contribution is 7.18. The number of rotatable bonds is 6. The highest BCUT2D eigenvalue weighted by Gasteiger charge is 2.32. The molecule has 156 valence electrons. The van der Waals surface area contributed by atoms with Crippen LogP contribution in [-0.2, 0) is 4.79 Å². The topological polar surface area (TPSA) is 45.2 Å². The van der Waals surface area contributed by atoms with Gasteiger partial charge in [-0.25, -0.2) is 4.98 Å². The number of thiazole rings is 1. The van der Waals surface area contributed by atoms with E-state index in [0.717, 1.165) is 34.0 Å². The Morgan fingerprint density at radius 3 is 2.67 bits per heavy atom. The molecule has 2 aromatic carbocycles. The van der Waals surface area contributed by atoms with E-state index >= 15 is 0 Å². The van der Waals surface area contributed by atoms with E-state index < -0.39 is 0 Å². The summed E-state index contributed by atoms with van der Waals surface area (Å²) in [6, 6.07) is 16.0. The van der Waals surface area contributed by atoms with E-state index in [1.54, 1.807) is 11.3 Å². The van der Waals surface area contributed by atoms with Crippen LogP contribution in [0.1, 0.15) is 35.4 Å². The van der Waals surface area contributed by atoms with Gasteiger partial charge >= 0.3 is 0 Å². The van der Waals surface area contributed by atoms with Crippen molar-refractivity contribution in [3.8, 4) is 0 Å². The standard InChI is InChI=1S/C24H26ClN3OS/c1-28(2)21(18-11-5-6-12-19(18)25)15-26-23(29)16-9-3-4-10-17(16)24-27-20-13-7-8-14-22(20)30-24/h3-8,11-14,16-17,21H,9-10,15H2,1-2H3,(H,26,29). The van der Waals surface area contributed by atoms with E-state index in [-0.39, 0.29) is 23.8 Å². The summed E-state index contributed by atoms with van der Waals surface area (Å²) in [5.41, 5.74) is 2.04. The highest BCUT2D eigenvalue weighted by atomic mass is 35.5. The van der Waals surface area contributed by atoms with E-state index in [1.165, 1.54) is 4.70 Å². The fraction of sp³-hybridized carbons (Fsp3) is 0.333. The smallest absolute Gasteiger partial charge is 0.224 e. The second kappa shape index (κ2) is 9.29. The number of likely N-dealkylation sites (N-methyl/N-ethyl adjacent to an activating group) is 1.